The summed E-state index contributed by atoms with van der Waals surface area (Å²) in [6.45, 7) is 0.446. The average Bonchev–Trinajstić information content (AvgIpc) is 2.90. The highest BCUT2D eigenvalue weighted by atomic mass is 35.5. The van der Waals surface area contributed by atoms with Crippen molar-refractivity contribution in [3.63, 3.8) is 0 Å². The summed E-state index contributed by atoms with van der Waals surface area (Å²) in [5.74, 6) is -1.16. The van der Waals surface area contributed by atoms with Crippen LogP contribution in [-0.4, -0.2) is 26.6 Å². The van der Waals surface area contributed by atoms with Crippen LogP contribution in [0.25, 0.3) is 0 Å². The molecule has 5 nitrogen and oxygen atoms in total. The number of hydrogen-bond donors (Lipinski definition) is 1. The second-order valence-corrected chi connectivity index (χ2v) is 7.82. The van der Waals surface area contributed by atoms with Gasteiger partial charge in [-0.3, -0.25) is 9.10 Å². The number of carbonyl (C=O) groups excluding carboxylic acids is 1. The van der Waals surface area contributed by atoms with E-state index in [9.17, 15) is 17.6 Å². The van der Waals surface area contributed by atoms with Crippen molar-refractivity contribution in [2.24, 2.45) is 0 Å². The first-order chi connectivity index (χ1) is 11.4. The number of amides is 1. The first-order valence-corrected chi connectivity index (χ1v) is 9.22. The van der Waals surface area contributed by atoms with Gasteiger partial charge in [-0.05, 0) is 48.9 Å². The van der Waals surface area contributed by atoms with Crippen molar-refractivity contribution < 1.29 is 17.6 Å². The molecule has 2 aromatic rings. The van der Waals surface area contributed by atoms with Crippen LogP contribution in [-0.2, 0) is 10.0 Å². The summed E-state index contributed by atoms with van der Waals surface area (Å²) in [5.41, 5.74) is 0.813. The SMILES string of the molecule is O=C(Nc1ccc(N2CCCS2(=O)=O)cc1)c1cc(Cl)ccc1F. The number of sulfonamides is 1. The van der Waals surface area contributed by atoms with Crippen LogP contribution in [0.4, 0.5) is 15.8 Å². The molecule has 0 atom stereocenters. The molecule has 126 valence electrons. The Bertz CT molecular complexity index is 885. The van der Waals surface area contributed by atoms with Gasteiger partial charge in [0.2, 0.25) is 10.0 Å². The molecule has 0 spiro atoms. The Labute approximate surface area is 144 Å². The van der Waals surface area contributed by atoms with Crippen molar-refractivity contribution in [1.82, 2.24) is 0 Å². The molecule has 0 aliphatic carbocycles. The smallest absolute Gasteiger partial charge is 0.258 e. The van der Waals surface area contributed by atoms with E-state index >= 15 is 0 Å². The van der Waals surface area contributed by atoms with Gasteiger partial charge in [-0.1, -0.05) is 11.6 Å². The largest absolute Gasteiger partial charge is 0.322 e. The molecule has 1 aliphatic heterocycles. The lowest BCUT2D eigenvalue weighted by Gasteiger charge is -2.17. The lowest BCUT2D eigenvalue weighted by atomic mass is 10.2. The molecule has 1 fully saturated rings. The fourth-order valence-corrected chi connectivity index (χ4v) is 4.25. The maximum Gasteiger partial charge on any atom is 0.258 e. The van der Waals surface area contributed by atoms with Crippen molar-refractivity contribution in [3.05, 3.63) is 58.9 Å². The topological polar surface area (TPSA) is 66.5 Å². The van der Waals surface area contributed by atoms with E-state index in [-0.39, 0.29) is 16.3 Å². The molecule has 3 rings (SSSR count). The molecular weight excluding hydrogens is 355 g/mol. The molecule has 1 heterocycles. The Morgan fingerprint density at radius 3 is 2.50 bits per heavy atom. The number of anilines is 2. The molecule has 8 heteroatoms. The molecule has 0 saturated carbocycles. The Kier molecular flexibility index (Phi) is 4.47. The Hall–Kier alpha value is -2.12. The molecule has 1 saturated heterocycles. The standard InChI is InChI=1S/C16H14ClFN2O3S/c17-11-2-7-15(18)14(10-11)16(21)19-12-3-5-13(6-4-12)20-8-1-9-24(20,22)23/h2-7,10H,1,8-9H2,(H,19,21). The van der Waals surface area contributed by atoms with Crippen molar-refractivity contribution in [2.45, 2.75) is 6.42 Å². The van der Waals surface area contributed by atoms with Crippen molar-refractivity contribution in [1.29, 1.82) is 0 Å². The Balaban J connectivity index is 1.77. The Morgan fingerprint density at radius 1 is 1.17 bits per heavy atom. The maximum absolute atomic E-state index is 13.7. The summed E-state index contributed by atoms with van der Waals surface area (Å²) in [5, 5.41) is 2.82. The summed E-state index contributed by atoms with van der Waals surface area (Å²) in [7, 11) is -3.25. The molecule has 1 N–H and O–H groups in total. The first kappa shape index (κ1) is 16.7. The third kappa shape index (κ3) is 3.37. The fourth-order valence-electron chi connectivity index (χ4n) is 2.51. The van der Waals surface area contributed by atoms with Gasteiger partial charge in [0.1, 0.15) is 5.82 Å². The van der Waals surface area contributed by atoms with E-state index in [4.69, 9.17) is 11.6 Å². The number of benzene rings is 2. The van der Waals surface area contributed by atoms with Crippen molar-refractivity contribution in [2.75, 3.05) is 21.9 Å². The second-order valence-electron chi connectivity index (χ2n) is 5.37. The second kappa shape index (κ2) is 6.41. The summed E-state index contributed by atoms with van der Waals surface area (Å²) < 4.78 is 38.8. The molecule has 0 unspecified atom stereocenters. The first-order valence-electron chi connectivity index (χ1n) is 7.24. The fraction of sp³-hybridized carbons (Fsp3) is 0.188. The molecule has 2 aromatic carbocycles. The summed E-state index contributed by atoms with van der Waals surface area (Å²) in [6.07, 6.45) is 0.592. The van der Waals surface area contributed by atoms with Crippen LogP contribution in [0.2, 0.25) is 5.02 Å². The average molecular weight is 369 g/mol. The minimum atomic E-state index is -3.25. The van der Waals surface area contributed by atoms with Gasteiger partial charge in [-0.2, -0.15) is 0 Å². The highest BCUT2D eigenvalue weighted by molar-refractivity contribution is 7.93. The third-order valence-corrected chi connectivity index (χ3v) is 5.79. The Morgan fingerprint density at radius 2 is 1.88 bits per heavy atom. The van der Waals surface area contributed by atoms with Crippen LogP contribution < -0.4 is 9.62 Å². The summed E-state index contributed by atoms with van der Waals surface area (Å²) in [4.78, 5) is 12.1. The van der Waals surface area contributed by atoms with Gasteiger partial charge < -0.3 is 5.32 Å². The van der Waals surface area contributed by atoms with Crippen molar-refractivity contribution in [3.8, 4) is 0 Å². The quantitative estimate of drug-likeness (QED) is 0.904. The highest BCUT2D eigenvalue weighted by Crippen LogP contribution is 2.25. The van der Waals surface area contributed by atoms with Gasteiger partial charge in [-0.15, -0.1) is 0 Å². The van der Waals surface area contributed by atoms with Gasteiger partial charge in [0.25, 0.3) is 5.91 Å². The zero-order chi connectivity index (χ0) is 17.3. The lowest BCUT2D eigenvalue weighted by molar-refractivity contribution is 0.102. The predicted molar refractivity (Wildman–Crippen MR) is 91.6 cm³/mol. The van der Waals surface area contributed by atoms with Gasteiger partial charge in [0.15, 0.2) is 0 Å². The number of rotatable bonds is 3. The van der Waals surface area contributed by atoms with E-state index in [0.29, 0.717) is 24.3 Å². The molecule has 1 aliphatic rings. The van der Waals surface area contributed by atoms with Crippen LogP contribution in [0, 0.1) is 5.82 Å². The van der Waals surface area contributed by atoms with Gasteiger partial charge >= 0.3 is 0 Å². The molecule has 0 bridgehead atoms. The molecule has 24 heavy (non-hydrogen) atoms. The van der Waals surface area contributed by atoms with Gasteiger partial charge in [0, 0.05) is 17.3 Å². The number of halogens is 2. The van der Waals surface area contributed by atoms with E-state index in [0.717, 1.165) is 6.07 Å². The van der Waals surface area contributed by atoms with Crippen LogP contribution in [0.5, 0.6) is 0 Å². The van der Waals surface area contributed by atoms with Crippen molar-refractivity contribution >= 4 is 38.9 Å². The summed E-state index contributed by atoms with van der Waals surface area (Å²) in [6, 6.07) is 10.1. The number of hydrogen-bond acceptors (Lipinski definition) is 3. The zero-order valence-corrected chi connectivity index (χ0v) is 14.1. The molecule has 0 aromatic heterocycles. The minimum absolute atomic E-state index is 0.138. The van der Waals surface area contributed by atoms with Crippen LogP contribution in [0.1, 0.15) is 16.8 Å². The van der Waals surface area contributed by atoms with E-state index in [2.05, 4.69) is 5.32 Å². The van der Waals surface area contributed by atoms with E-state index in [1.54, 1.807) is 24.3 Å². The molecule has 0 radical (unpaired) electrons. The number of nitrogens with zero attached hydrogens (tertiary/aromatic N) is 1. The number of nitrogens with one attached hydrogen (secondary N) is 1. The zero-order valence-electron chi connectivity index (χ0n) is 12.5. The van der Waals surface area contributed by atoms with Crippen LogP contribution in [0.3, 0.4) is 0 Å². The maximum atomic E-state index is 13.7. The van der Waals surface area contributed by atoms with Crippen LogP contribution in [0.15, 0.2) is 42.5 Å². The molecular formula is C16H14ClFN2O3S. The molecule has 1 amide bonds. The monoisotopic (exact) mass is 368 g/mol. The lowest BCUT2D eigenvalue weighted by Crippen LogP contribution is -2.25. The highest BCUT2D eigenvalue weighted by Gasteiger charge is 2.28. The summed E-state index contributed by atoms with van der Waals surface area (Å²) >= 11 is 5.78. The van der Waals surface area contributed by atoms with E-state index < -0.39 is 21.7 Å². The van der Waals surface area contributed by atoms with Crippen LogP contribution >= 0.6 is 11.6 Å². The number of carbonyl (C=O) groups is 1. The third-order valence-electron chi connectivity index (χ3n) is 3.69. The van der Waals surface area contributed by atoms with Gasteiger partial charge in [0.05, 0.1) is 17.0 Å². The predicted octanol–water partition coefficient (Wildman–Crippen LogP) is 3.27. The minimum Gasteiger partial charge on any atom is -0.322 e. The normalized spacial score (nSPS) is 16.2. The van der Waals surface area contributed by atoms with Gasteiger partial charge in [-0.25, -0.2) is 12.8 Å². The van der Waals surface area contributed by atoms with E-state index in [1.165, 1.54) is 16.4 Å². The van der Waals surface area contributed by atoms with E-state index in [1.807, 2.05) is 0 Å².